The molecule has 0 saturated heterocycles. The summed E-state index contributed by atoms with van der Waals surface area (Å²) in [6, 6.07) is 0. The van der Waals surface area contributed by atoms with Crippen LogP contribution in [0.15, 0.2) is 35.9 Å². The molecule has 0 bridgehead atoms. The Morgan fingerprint density at radius 1 is 1.56 bits per heavy atom. The molecule has 0 aliphatic carbocycles. The SMILES string of the molecule is C=C/C(N)=C(\C=C)SC.[HH]. The summed E-state index contributed by atoms with van der Waals surface area (Å²) >= 11 is 1.57. The molecule has 9 heavy (non-hydrogen) atoms. The average Bonchev–Trinajstić information content (AvgIpc) is 1.90. The first-order valence-electron chi connectivity index (χ1n) is 2.54. The highest BCUT2D eigenvalue weighted by Gasteiger charge is 1.90. The highest BCUT2D eigenvalue weighted by molar-refractivity contribution is 8.02. The molecule has 0 saturated carbocycles. The lowest BCUT2D eigenvalue weighted by Crippen LogP contribution is -1.94. The molecule has 1 nitrogen and oxygen atoms in total. The zero-order valence-electron chi connectivity index (χ0n) is 5.55. The Balaban J connectivity index is 0. The lowest BCUT2D eigenvalue weighted by atomic mass is 10.4. The van der Waals surface area contributed by atoms with E-state index >= 15 is 0 Å². The van der Waals surface area contributed by atoms with Crippen LogP contribution in [0.25, 0.3) is 0 Å². The highest BCUT2D eigenvalue weighted by atomic mass is 32.2. The Morgan fingerprint density at radius 3 is 2.22 bits per heavy atom. The second-order valence-electron chi connectivity index (χ2n) is 1.43. The average molecular weight is 143 g/mol. The van der Waals surface area contributed by atoms with Crippen LogP contribution >= 0.6 is 11.8 Å². The van der Waals surface area contributed by atoms with E-state index in [0.29, 0.717) is 5.70 Å². The van der Waals surface area contributed by atoms with E-state index in [9.17, 15) is 0 Å². The minimum atomic E-state index is 0. The van der Waals surface area contributed by atoms with Gasteiger partial charge in [0, 0.05) is 12.0 Å². The molecule has 0 rings (SSSR count). The van der Waals surface area contributed by atoms with E-state index < -0.39 is 0 Å². The number of hydrogen-bond acceptors (Lipinski definition) is 2. The summed E-state index contributed by atoms with van der Waals surface area (Å²) in [5.74, 6) is 0. The smallest absolute Gasteiger partial charge is 0.0445 e. The second kappa shape index (κ2) is 4.27. The predicted molar refractivity (Wildman–Crippen MR) is 47.2 cm³/mol. The fourth-order valence-electron chi connectivity index (χ4n) is 0.420. The molecular weight excluding hydrogens is 130 g/mol. The van der Waals surface area contributed by atoms with Crippen LogP contribution in [0.3, 0.4) is 0 Å². The molecule has 0 radical (unpaired) electrons. The molecule has 0 amide bonds. The third-order valence-electron chi connectivity index (χ3n) is 0.910. The number of nitrogens with two attached hydrogens (primary N) is 1. The van der Waals surface area contributed by atoms with Crippen molar-refractivity contribution in [3.63, 3.8) is 0 Å². The van der Waals surface area contributed by atoms with Gasteiger partial charge in [-0.3, -0.25) is 0 Å². The topological polar surface area (TPSA) is 26.0 Å². The van der Waals surface area contributed by atoms with Gasteiger partial charge in [-0.05, 0) is 12.3 Å². The largest absolute Gasteiger partial charge is 0.398 e. The zero-order chi connectivity index (χ0) is 7.28. The Labute approximate surface area is 61.8 Å². The van der Waals surface area contributed by atoms with Crippen LogP contribution in [-0.2, 0) is 0 Å². The summed E-state index contributed by atoms with van der Waals surface area (Å²) in [7, 11) is 0. The molecule has 0 unspecified atom stereocenters. The van der Waals surface area contributed by atoms with Gasteiger partial charge in [0.1, 0.15) is 0 Å². The van der Waals surface area contributed by atoms with Gasteiger partial charge in [0.05, 0.1) is 0 Å². The van der Waals surface area contributed by atoms with Crippen LogP contribution in [0.5, 0.6) is 0 Å². The quantitative estimate of drug-likeness (QED) is 0.612. The first kappa shape index (κ1) is 8.37. The first-order valence-corrected chi connectivity index (χ1v) is 3.77. The van der Waals surface area contributed by atoms with Gasteiger partial charge in [0.2, 0.25) is 0 Å². The molecule has 0 aromatic heterocycles. The van der Waals surface area contributed by atoms with Gasteiger partial charge in [-0.2, -0.15) is 0 Å². The van der Waals surface area contributed by atoms with Gasteiger partial charge in [-0.1, -0.05) is 19.2 Å². The molecule has 0 atom stereocenters. The van der Waals surface area contributed by atoms with Gasteiger partial charge in [0.25, 0.3) is 0 Å². The van der Waals surface area contributed by atoms with Crippen molar-refractivity contribution in [2.45, 2.75) is 0 Å². The van der Waals surface area contributed by atoms with E-state index in [0.717, 1.165) is 4.91 Å². The molecule has 0 aliphatic heterocycles. The lowest BCUT2D eigenvalue weighted by molar-refractivity contribution is 1.42. The summed E-state index contributed by atoms with van der Waals surface area (Å²) < 4.78 is 0. The maximum absolute atomic E-state index is 5.51. The Kier molecular flexibility index (Phi) is 3.97. The maximum atomic E-state index is 5.51. The van der Waals surface area contributed by atoms with E-state index in [2.05, 4.69) is 13.2 Å². The van der Waals surface area contributed by atoms with Crippen molar-refractivity contribution in [1.29, 1.82) is 0 Å². The number of thioether (sulfide) groups is 1. The maximum Gasteiger partial charge on any atom is 0.0445 e. The van der Waals surface area contributed by atoms with Crippen LogP contribution in [-0.4, -0.2) is 6.26 Å². The van der Waals surface area contributed by atoms with E-state index in [1.165, 1.54) is 0 Å². The van der Waals surface area contributed by atoms with Gasteiger partial charge >= 0.3 is 0 Å². The fraction of sp³-hybridized carbons (Fsp3) is 0.143. The van der Waals surface area contributed by atoms with E-state index in [4.69, 9.17) is 5.73 Å². The van der Waals surface area contributed by atoms with E-state index in [1.54, 1.807) is 23.9 Å². The summed E-state index contributed by atoms with van der Waals surface area (Å²) in [4.78, 5) is 0.977. The molecule has 0 heterocycles. The minimum absolute atomic E-state index is 0. The third kappa shape index (κ3) is 2.42. The molecule has 0 aromatic rings. The van der Waals surface area contributed by atoms with Crippen molar-refractivity contribution in [3.05, 3.63) is 35.9 Å². The van der Waals surface area contributed by atoms with Gasteiger partial charge in [-0.25, -0.2) is 0 Å². The molecule has 0 aromatic carbocycles. The van der Waals surface area contributed by atoms with Crippen molar-refractivity contribution in [1.82, 2.24) is 0 Å². The van der Waals surface area contributed by atoms with Crippen molar-refractivity contribution >= 4 is 11.8 Å². The van der Waals surface area contributed by atoms with Crippen molar-refractivity contribution < 1.29 is 1.43 Å². The Hall–Kier alpha value is -0.630. The Bertz CT molecular complexity index is 152. The number of allylic oxidation sites excluding steroid dienone is 2. The van der Waals surface area contributed by atoms with Crippen LogP contribution in [0.4, 0.5) is 0 Å². The molecule has 0 fully saturated rings. The third-order valence-corrected chi connectivity index (χ3v) is 1.75. The minimum Gasteiger partial charge on any atom is -0.398 e. The molecule has 52 valence electrons. The highest BCUT2D eigenvalue weighted by Crippen LogP contribution is 2.14. The fourth-order valence-corrected chi connectivity index (χ4v) is 0.905. The van der Waals surface area contributed by atoms with Crippen LogP contribution < -0.4 is 5.73 Å². The second-order valence-corrected chi connectivity index (χ2v) is 2.28. The molecule has 0 aliphatic rings. The summed E-state index contributed by atoms with van der Waals surface area (Å²) in [6.45, 7) is 7.13. The summed E-state index contributed by atoms with van der Waals surface area (Å²) in [5.41, 5.74) is 6.20. The standard InChI is InChI=1S/C7H11NS.H2/c1-4-6(8)7(5-2)9-3;/h4-5H,1-2,8H2,3H3;1H/b7-6-;. The van der Waals surface area contributed by atoms with Gasteiger partial charge in [-0.15, -0.1) is 11.8 Å². The van der Waals surface area contributed by atoms with Crippen molar-refractivity contribution in [3.8, 4) is 0 Å². The molecule has 2 heteroatoms. The number of hydrogen-bond donors (Lipinski definition) is 1. The molecule has 2 N–H and O–H groups in total. The Morgan fingerprint density at radius 2 is 2.11 bits per heavy atom. The van der Waals surface area contributed by atoms with Crippen molar-refractivity contribution in [2.75, 3.05) is 6.26 Å². The van der Waals surface area contributed by atoms with Crippen LogP contribution in [0.1, 0.15) is 1.43 Å². The predicted octanol–water partition coefficient (Wildman–Crippen LogP) is 2.14. The summed E-state index contributed by atoms with van der Waals surface area (Å²) in [5, 5.41) is 0. The monoisotopic (exact) mass is 143 g/mol. The van der Waals surface area contributed by atoms with Gasteiger partial charge in [0.15, 0.2) is 0 Å². The number of rotatable bonds is 3. The van der Waals surface area contributed by atoms with E-state index in [-0.39, 0.29) is 1.43 Å². The van der Waals surface area contributed by atoms with Gasteiger partial charge < -0.3 is 5.73 Å². The van der Waals surface area contributed by atoms with Crippen LogP contribution in [0, 0.1) is 0 Å². The van der Waals surface area contributed by atoms with Crippen molar-refractivity contribution in [2.24, 2.45) is 5.73 Å². The van der Waals surface area contributed by atoms with Crippen LogP contribution in [0.2, 0.25) is 0 Å². The zero-order valence-corrected chi connectivity index (χ0v) is 6.37. The summed E-state index contributed by atoms with van der Waals surface area (Å²) in [6.07, 6.45) is 5.29. The molecular formula is C7H13NS. The lowest BCUT2D eigenvalue weighted by Gasteiger charge is -1.97. The molecule has 0 spiro atoms. The first-order chi connectivity index (χ1) is 4.26. The normalized spacial score (nSPS) is 12.1. The van der Waals surface area contributed by atoms with E-state index in [1.807, 2.05) is 6.26 Å².